The lowest BCUT2D eigenvalue weighted by Crippen LogP contribution is -2.54. The highest BCUT2D eigenvalue weighted by Crippen LogP contribution is 2.32. The summed E-state index contributed by atoms with van der Waals surface area (Å²) in [7, 11) is 0. The van der Waals surface area contributed by atoms with Crippen molar-refractivity contribution in [2.24, 2.45) is 5.73 Å². The number of nitrogens with zero attached hydrogens (tertiary/aromatic N) is 2. The molecular formula is C29H41N5O10. The van der Waals surface area contributed by atoms with Crippen molar-refractivity contribution in [3.05, 3.63) is 29.3 Å². The highest BCUT2D eigenvalue weighted by molar-refractivity contribution is 6.26. The molecule has 1 aromatic rings. The van der Waals surface area contributed by atoms with Crippen LogP contribution in [-0.4, -0.2) is 116 Å². The maximum absolute atomic E-state index is 13.3. The lowest BCUT2D eigenvalue weighted by Gasteiger charge is -2.28. The topological polar surface area (TPSA) is 196 Å². The van der Waals surface area contributed by atoms with Crippen LogP contribution in [0.15, 0.2) is 18.2 Å². The van der Waals surface area contributed by atoms with E-state index in [9.17, 15) is 28.8 Å². The van der Waals surface area contributed by atoms with Crippen LogP contribution in [0.25, 0.3) is 0 Å². The summed E-state index contributed by atoms with van der Waals surface area (Å²) in [5, 5.41) is 4.80. The van der Waals surface area contributed by atoms with Gasteiger partial charge in [0.1, 0.15) is 11.6 Å². The first kappa shape index (κ1) is 34.6. The van der Waals surface area contributed by atoms with Gasteiger partial charge in [-0.1, -0.05) is 6.07 Å². The van der Waals surface area contributed by atoms with Crippen LogP contribution in [0.1, 0.15) is 60.7 Å². The predicted octanol–water partition coefficient (Wildman–Crippen LogP) is 0.662. The van der Waals surface area contributed by atoms with Crippen LogP contribution in [0, 0.1) is 0 Å². The van der Waals surface area contributed by atoms with Crippen molar-refractivity contribution in [1.29, 1.82) is 0 Å². The van der Waals surface area contributed by atoms with E-state index >= 15 is 0 Å². The average Bonchev–Trinajstić information content (AvgIpc) is 3.20. The molecule has 0 saturated carbocycles. The second kappa shape index (κ2) is 16.2. The molecule has 0 bridgehead atoms. The fourth-order valence-corrected chi connectivity index (χ4v) is 4.49. The molecule has 1 saturated heterocycles. The van der Waals surface area contributed by atoms with E-state index < -0.39 is 47.3 Å². The van der Waals surface area contributed by atoms with Gasteiger partial charge in [0, 0.05) is 32.5 Å². The molecule has 242 valence electrons. The Labute approximate surface area is 255 Å². The monoisotopic (exact) mass is 619 g/mol. The molecule has 0 spiro atoms. The second-order valence-corrected chi connectivity index (χ2v) is 11.1. The van der Waals surface area contributed by atoms with E-state index in [1.54, 1.807) is 20.8 Å². The van der Waals surface area contributed by atoms with Crippen LogP contribution in [0.5, 0.6) is 0 Å². The van der Waals surface area contributed by atoms with E-state index in [-0.39, 0.29) is 55.8 Å². The third-order valence-corrected chi connectivity index (χ3v) is 6.51. The largest absolute Gasteiger partial charge is 0.444 e. The molecule has 1 aromatic carbocycles. The second-order valence-electron chi connectivity index (χ2n) is 11.1. The average molecular weight is 620 g/mol. The number of imide groups is 2. The lowest BCUT2D eigenvalue weighted by atomic mass is 10.0. The molecule has 2 aliphatic rings. The Morgan fingerprint density at radius 3 is 2.27 bits per heavy atom. The molecule has 0 aliphatic carbocycles. The molecule has 1 fully saturated rings. The van der Waals surface area contributed by atoms with Gasteiger partial charge in [-0.25, -0.2) is 4.79 Å². The number of anilines is 1. The smallest absolute Gasteiger partial charge is 0.410 e. The Bertz CT molecular complexity index is 1230. The quantitative estimate of drug-likeness (QED) is 0.174. The van der Waals surface area contributed by atoms with Crippen molar-refractivity contribution in [3.8, 4) is 0 Å². The van der Waals surface area contributed by atoms with Crippen molar-refractivity contribution in [3.63, 3.8) is 0 Å². The molecule has 2 aliphatic heterocycles. The van der Waals surface area contributed by atoms with E-state index in [1.807, 2.05) is 0 Å². The first-order valence-electron chi connectivity index (χ1n) is 14.5. The summed E-state index contributed by atoms with van der Waals surface area (Å²) in [5.41, 5.74) is 4.69. The third kappa shape index (κ3) is 9.80. The Kier molecular flexibility index (Phi) is 12.8. The molecular weight excluding hydrogens is 578 g/mol. The number of ether oxygens (including phenoxy) is 4. The Morgan fingerprint density at radius 2 is 1.64 bits per heavy atom. The van der Waals surface area contributed by atoms with Gasteiger partial charge in [-0.2, -0.15) is 0 Å². The van der Waals surface area contributed by atoms with Crippen molar-refractivity contribution < 1.29 is 47.7 Å². The minimum absolute atomic E-state index is 0.00851. The number of piperidine rings is 1. The fraction of sp³-hybridized carbons (Fsp3) is 0.586. The van der Waals surface area contributed by atoms with Crippen molar-refractivity contribution in [2.75, 3.05) is 64.6 Å². The van der Waals surface area contributed by atoms with Crippen molar-refractivity contribution in [1.82, 2.24) is 15.1 Å². The molecule has 0 radical (unpaired) electrons. The van der Waals surface area contributed by atoms with E-state index in [0.717, 1.165) is 4.90 Å². The first-order chi connectivity index (χ1) is 20.9. The van der Waals surface area contributed by atoms with E-state index in [1.165, 1.54) is 23.1 Å². The van der Waals surface area contributed by atoms with Crippen LogP contribution in [0.2, 0.25) is 0 Å². The summed E-state index contributed by atoms with van der Waals surface area (Å²) in [6, 6.07) is 3.29. The number of benzene rings is 1. The van der Waals surface area contributed by atoms with Gasteiger partial charge in [-0.15, -0.1) is 0 Å². The number of hydrogen-bond acceptors (Lipinski definition) is 11. The summed E-state index contributed by atoms with van der Waals surface area (Å²) in [5.74, 6) is -3.14. The van der Waals surface area contributed by atoms with Gasteiger partial charge >= 0.3 is 6.09 Å². The number of fused-ring (bicyclic) bond motifs is 1. The molecule has 1 unspecified atom stereocenters. The molecule has 1 atom stereocenters. The normalized spacial score (nSPS) is 16.5. The summed E-state index contributed by atoms with van der Waals surface area (Å²) in [6.45, 7) is 7.87. The molecule has 15 heteroatoms. The van der Waals surface area contributed by atoms with E-state index in [0.29, 0.717) is 39.6 Å². The number of hydrogen-bond donors (Lipinski definition) is 3. The summed E-state index contributed by atoms with van der Waals surface area (Å²) in [6.07, 6.45) is -0.762. The molecule has 3 rings (SSSR count). The minimum Gasteiger partial charge on any atom is -0.444 e. The zero-order chi connectivity index (χ0) is 32.3. The van der Waals surface area contributed by atoms with Gasteiger partial charge in [0.25, 0.3) is 11.8 Å². The number of carbonyl (C=O) groups excluding carboxylic acids is 6. The van der Waals surface area contributed by atoms with Crippen LogP contribution in [-0.2, 0) is 33.3 Å². The number of nitrogens with one attached hydrogen (secondary N) is 2. The van der Waals surface area contributed by atoms with Crippen molar-refractivity contribution in [2.45, 2.75) is 51.7 Å². The number of nitrogens with two attached hydrogens (primary N) is 1. The molecule has 4 N–H and O–H groups in total. The van der Waals surface area contributed by atoms with Crippen LogP contribution < -0.4 is 16.4 Å². The molecule has 2 heterocycles. The zero-order valence-electron chi connectivity index (χ0n) is 25.3. The van der Waals surface area contributed by atoms with E-state index in [4.69, 9.17) is 24.7 Å². The standard InChI is InChI=1S/C29H41N5O10/c1-29(2,3)44-28(40)33(12-14-42-16-18-43-17-15-41-13-10-30)11-9-23(36)31-20-6-4-5-19-24(20)27(39)34(26(19)38)21-7-8-22(35)32-25(21)37/h4-6,21H,7-18,30H2,1-3H3,(H,31,36)(H,32,35,37). The molecule has 6 amide bonds. The van der Waals surface area contributed by atoms with E-state index in [2.05, 4.69) is 10.6 Å². The molecule has 15 nitrogen and oxygen atoms in total. The predicted molar refractivity (Wildman–Crippen MR) is 156 cm³/mol. The number of carbonyl (C=O) groups is 6. The maximum Gasteiger partial charge on any atom is 0.410 e. The van der Waals surface area contributed by atoms with Gasteiger partial charge < -0.3 is 34.9 Å². The molecule has 0 aromatic heterocycles. The van der Waals surface area contributed by atoms with Gasteiger partial charge in [-0.05, 0) is 39.3 Å². The molecule has 44 heavy (non-hydrogen) atoms. The summed E-state index contributed by atoms with van der Waals surface area (Å²) >= 11 is 0. The SMILES string of the molecule is CC(C)(C)OC(=O)N(CCOCCOCCOCCN)CCC(=O)Nc1cccc2c1C(=O)N(C1CCC(=O)NC1=O)C2=O. The van der Waals surface area contributed by atoms with Gasteiger partial charge in [0.05, 0.1) is 56.5 Å². The third-order valence-electron chi connectivity index (χ3n) is 6.51. The first-order valence-corrected chi connectivity index (χ1v) is 14.5. The van der Waals surface area contributed by atoms with Gasteiger partial charge in [0.2, 0.25) is 17.7 Å². The summed E-state index contributed by atoms with van der Waals surface area (Å²) in [4.78, 5) is 78.2. The lowest BCUT2D eigenvalue weighted by molar-refractivity contribution is -0.136. The van der Waals surface area contributed by atoms with Crippen LogP contribution in [0.3, 0.4) is 0 Å². The van der Waals surface area contributed by atoms with Crippen molar-refractivity contribution >= 4 is 41.3 Å². The summed E-state index contributed by atoms with van der Waals surface area (Å²) < 4.78 is 21.7. The Hall–Kier alpha value is -3.92. The van der Waals surface area contributed by atoms with Gasteiger partial charge in [0.15, 0.2) is 0 Å². The number of rotatable bonds is 16. The maximum atomic E-state index is 13.3. The zero-order valence-corrected chi connectivity index (χ0v) is 25.3. The minimum atomic E-state index is -1.13. The highest BCUT2D eigenvalue weighted by Gasteiger charge is 2.45. The Balaban J connectivity index is 1.56. The van der Waals surface area contributed by atoms with Gasteiger partial charge in [-0.3, -0.25) is 34.2 Å². The Morgan fingerprint density at radius 1 is 0.977 bits per heavy atom. The highest BCUT2D eigenvalue weighted by atomic mass is 16.6. The number of amides is 6. The van der Waals surface area contributed by atoms with Crippen LogP contribution >= 0.6 is 0 Å². The fourth-order valence-electron chi connectivity index (χ4n) is 4.49. The van der Waals surface area contributed by atoms with Crippen LogP contribution in [0.4, 0.5) is 10.5 Å².